The lowest BCUT2D eigenvalue weighted by molar-refractivity contribution is 0.184. The number of aromatic nitrogens is 2. The maximum atomic E-state index is 9.34. The Bertz CT molecular complexity index is 748. The van der Waals surface area contributed by atoms with Gasteiger partial charge in [0.1, 0.15) is 6.07 Å². The van der Waals surface area contributed by atoms with E-state index in [1.54, 1.807) is 0 Å². The Labute approximate surface area is 149 Å². The molecule has 0 amide bonds. The van der Waals surface area contributed by atoms with Crippen LogP contribution in [-0.4, -0.2) is 41.2 Å². The first-order chi connectivity index (χ1) is 12.1. The van der Waals surface area contributed by atoms with Crippen molar-refractivity contribution in [2.75, 3.05) is 31.1 Å². The van der Waals surface area contributed by atoms with Crippen LogP contribution >= 0.6 is 0 Å². The molecule has 0 spiro atoms. The van der Waals surface area contributed by atoms with Crippen molar-refractivity contribution in [1.29, 1.82) is 5.26 Å². The second kappa shape index (κ2) is 7.66. The van der Waals surface area contributed by atoms with Gasteiger partial charge in [0.05, 0.1) is 17.3 Å². The van der Waals surface area contributed by atoms with Gasteiger partial charge in [0, 0.05) is 32.1 Å². The Balaban J connectivity index is 1.69. The summed E-state index contributed by atoms with van der Waals surface area (Å²) in [5.74, 6) is 1.72. The van der Waals surface area contributed by atoms with Gasteiger partial charge in [0.15, 0.2) is 5.82 Å². The van der Waals surface area contributed by atoms with Crippen molar-refractivity contribution < 1.29 is 4.52 Å². The zero-order valence-electron chi connectivity index (χ0n) is 15.1. The Morgan fingerprint density at radius 2 is 1.92 bits per heavy atom. The Hall–Kier alpha value is -2.39. The van der Waals surface area contributed by atoms with Gasteiger partial charge in [0.25, 0.3) is 0 Å². The van der Waals surface area contributed by atoms with E-state index in [2.05, 4.69) is 46.8 Å². The molecular weight excluding hydrogens is 314 g/mol. The van der Waals surface area contributed by atoms with Crippen LogP contribution in [0.4, 0.5) is 5.69 Å². The van der Waals surface area contributed by atoms with Gasteiger partial charge < -0.3 is 9.42 Å². The van der Waals surface area contributed by atoms with E-state index in [-0.39, 0.29) is 12.0 Å². The van der Waals surface area contributed by atoms with Crippen LogP contribution in [0.5, 0.6) is 0 Å². The number of hydrogen-bond donors (Lipinski definition) is 0. The summed E-state index contributed by atoms with van der Waals surface area (Å²) in [6.45, 7) is 9.96. The minimum Gasteiger partial charge on any atom is -0.369 e. The highest BCUT2D eigenvalue weighted by Gasteiger charge is 2.25. The number of nitrogens with zero attached hydrogens (tertiary/aromatic N) is 5. The summed E-state index contributed by atoms with van der Waals surface area (Å²) in [6, 6.07) is 10.2. The van der Waals surface area contributed by atoms with Gasteiger partial charge >= 0.3 is 0 Å². The third-order valence-electron chi connectivity index (χ3n) is 4.77. The first-order valence-electron chi connectivity index (χ1n) is 8.91. The van der Waals surface area contributed by atoms with Crippen molar-refractivity contribution in [2.24, 2.45) is 0 Å². The summed E-state index contributed by atoms with van der Waals surface area (Å²) in [6.07, 6.45) is 1.04. The van der Waals surface area contributed by atoms with E-state index in [1.165, 1.54) is 0 Å². The molecule has 1 aliphatic rings. The Morgan fingerprint density at radius 1 is 1.12 bits per heavy atom. The molecule has 0 unspecified atom stereocenters. The standard InChI is InChI=1S/C19H25N5O/c1-14(2)18-21-19(25-22-18)15(3)23-9-6-10-24(12-11-23)17-8-5-4-7-16(17)13-20/h4-5,7-8,14-15H,6,9-12H2,1-3H3/t15-/m1/s1. The molecule has 25 heavy (non-hydrogen) atoms. The van der Waals surface area contributed by atoms with Gasteiger partial charge in [0.2, 0.25) is 5.89 Å². The second-order valence-electron chi connectivity index (χ2n) is 6.83. The highest BCUT2D eigenvalue weighted by atomic mass is 16.5. The molecule has 0 aliphatic carbocycles. The maximum absolute atomic E-state index is 9.34. The van der Waals surface area contributed by atoms with Crippen molar-refractivity contribution in [3.63, 3.8) is 0 Å². The van der Waals surface area contributed by atoms with E-state index in [9.17, 15) is 5.26 Å². The molecule has 0 radical (unpaired) electrons. The summed E-state index contributed by atoms with van der Waals surface area (Å²) < 4.78 is 5.47. The molecule has 0 bridgehead atoms. The number of benzene rings is 1. The fraction of sp³-hybridized carbons (Fsp3) is 0.526. The van der Waals surface area contributed by atoms with E-state index in [1.807, 2.05) is 24.3 Å². The second-order valence-corrected chi connectivity index (χ2v) is 6.83. The molecule has 1 aliphatic heterocycles. The molecule has 1 aromatic heterocycles. The molecule has 2 heterocycles. The van der Waals surface area contributed by atoms with Gasteiger partial charge in [-0.15, -0.1) is 0 Å². The summed E-state index contributed by atoms with van der Waals surface area (Å²) in [5, 5.41) is 13.4. The monoisotopic (exact) mass is 339 g/mol. The van der Waals surface area contributed by atoms with Crippen LogP contribution in [-0.2, 0) is 0 Å². The predicted molar refractivity (Wildman–Crippen MR) is 96.4 cm³/mol. The predicted octanol–water partition coefficient (Wildman–Crippen LogP) is 3.34. The first kappa shape index (κ1) is 17.4. The van der Waals surface area contributed by atoms with E-state index < -0.39 is 0 Å². The Kier molecular flexibility index (Phi) is 5.34. The molecule has 1 saturated heterocycles. The molecule has 132 valence electrons. The van der Waals surface area contributed by atoms with Gasteiger partial charge in [-0.1, -0.05) is 31.1 Å². The molecule has 3 rings (SSSR count). The number of anilines is 1. The SMILES string of the molecule is CC(C)c1noc([C@@H](C)N2CCCN(c3ccccc3C#N)CC2)n1. The highest BCUT2D eigenvalue weighted by Crippen LogP contribution is 2.25. The molecule has 1 fully saturated rings. The average molecular weight is 339 g/mol. The number of rotatable bonds is 4. The lowest BCUT2D eigenvalue weighted by atomic mass is 10.1. The molecule has 0 N–H and O–H groups in total. The van der Waals surface area contributed by atoms with Crippen LogP contribution in [0, 0.1) is 11.3 Å². The Morgan fingerprint density at radius 3 is 2.64 bits per heavy atom. The quantitative estimate of drug-likeness (QED) is 0.851. The number of para-hydroxylation sites is 1. The van der Waals surface area contributed by atoms with Crippen molar-refractivity contribution in [2.45, 2.75) is 39.2 Å². The summed E-state index contributed by atoms with van der Waals surface area (Å²) in [5.41, 5.74) is 1.77. The summed E-state index contributed by atoms with van der Waals surface area (Å²) >= 11 is 0. The van der Waals surface area contributed by atoms with Gasteiger partial charge in [-0.05, 0) is 25.5 Å². The number of hydrogen-bond acceptors (Lipinski definition) is 6. The normalized spacial score (nSPS) is 17.3. The van der Waals surface area contributed by atoms with Crippen LogP contribution in [0.1, 0.15) is 56.4 Å². The fourth-order valence-electron chi connectivity index (χ4n) is 3.22. The highest BCUT2D eigenvalue weighted by molar-refractivity contribution is 5.59. The molecule has 6 heteroatoms. The average Bonchev–Trinajstić information content (AvgIpc) is 3.00. The van der Waals surface area contributed by atoms with Crippen LogP contribution in [0.15, 0.2) is 28.8 Å². The van der Waals surface area contributed by atoms with Gasteiger partial charge in [-0.25, -0.2) is 0 Å². The lowest BCUT2D eigenvalue weighted by Gasteiger charge is -2.26. The molecule has 6 nitrogen and oxygen atoms in total. The lowest BCUT2D eigenvalue weighted by Crippen LogP contribution is -2.33. The van der Waals surface area contributed by atoms with E-state index in [0.717, 1.165) is 49.7 Å². The first-order valence-corrected chi connectivity index (χ1v) is 8.91. The summed E-state index contributed by atoms with van der Waals surface area (Å²) in [4.78, 5) is 9.23. The molecule has 1 atom stereocenters. The third-order valence-corrected chi connectivity index (χ3v) is 4.77. The van der Waals surface area contributed by atoms with Crippen LogP contribution in [0.3, 0.4) is 0 Å². The zero-order valence-corrected chi connectivity index (χ0v) is 15.1. The van der Waals surface area contributed by atoms with E-state index in [4.69, 9.17) is 4.52 Å². The van der Waals surface area contributed by atoms with Gasteiger partial charge in [-0.3, -0.25) is 4.90 Å². The third kappa shape index (κ3) is 3.83. The van der Waals surface area contributed by atoms with Crippen LogP contribution in [0.2, 0.25) is 0 Å². The minimum absolute atomic E-state index is 0.103. The van der Waals surface area contributed by atoms with Crippen LogP contribution in [0.25, 0.3) is 0 Å². The molecule has 1 aromatic carbocycles. The summed E-state index contributed by atoms with van der Waals surface area (Å²) in [7, 11) is 0. The minimum atomic E-state index is 0.103. The van der Waals surface area contributed by atoms with E-state index >= 15 is 0 Å². The van der Waals surface area contributed by atoms with Gasteiger partial charge in [-0.2, -0.15) is 10.2 Å². The zero-order chi connectivity index (χ0) is 17.8. The van der Waals surface area contributed by atoms with E-state index in [0.29, 0.717) is 5.89 Å². The van der Waals surface area contributed by atoms with Crippen molar-refractivity contribution >= 4 is 5.69 Å². The van der Waals surface area contributed by atoms with Crippen LogP contribution < -0.4 is 4.90 Å². The largest absolute Gasteiger partial charge is 0.369 e. The van der Waals surface area contributed by atoms with Crippen molar-refractivity contribution in [1.82, 2.24) is 15.0 Å². The maximum Gasteiger partial charge on any atom is 0.243 e. The topological polar surface area (TPSA) is 69.2 Å². The molecule has 0 saturated carbocycles. The van der Waals surface area contributed by atoms with Crippen molar-refractivity contribution in [3.8, 4) is 6.07 Å². The molecular formula is C19H25N5O. The van der Waals surface area contributed by atoms with Crippen molar-refractivity contribution in [3.05, 3.63) is 41.5 Å². The smallest absolute Gasteiger partial charge is 0.243 e. The fourth-order valence-corrected chi connectivity index (χ4v) is 3.22. The molecule has 2 aromatic rings. The number of nitriles is 1.